The topological polar surface area (TPSA) is 76.4 Å². The lowest BCUT2D eigenvalue weighted by Crippen LogP contribution is -2.30. The van der Waals surface area contributed by atoms with E-state index < -0.39 is 15.1 Å². The molecule has 5 nitrogen and oxygen atoms in total. The van der Waals surface area contributed by atoms with E-state index in [1.807, 2.05) is 13.8 Å². The molecule has 0 spiro atoms. The van der Waals surface area contributed by atoms with Gasteiger partial charge in [0.05, 0.1) is 11.2 Å². The number of rotatable bonds is 5. The van der Waals surface area contributed by atoms with E-state index in [1.54, 1.807) is 30.3 Å². The van der Waals surface area contributed by atoms with E-state index in [0.29, 0.717) is 5.76 Å². The zero-order valence-electron chi connectivity index (χ0n) is 12.8. The molecule has 1 atom stereocenters. The van der Waals surface area contributed by atoms with Gasteiger partial charge in [-0.1, -0.05) is 6.07 Å². The number of furan rings is 1. The van der Waals surface area contributed by atoms with Crippen molar-refractivity contribution in [1.82, 2.24) is 5.32 Å². The summed E-state index contributed by atoms with van der Waals surface area (Å²) < 4.78 is 31.1. The molecule has 0 fully saturated rings. The molecule has 118 valence electrons. The molecule has 0 saturated heterocycles. The smallest absolute Gasteiger partial charge is 0.216 e. The van der Waals surface area contributed by atoms with Gasteiger partial charge in [-0.3, -0.25) is 4.79 Å². The molecule has 1 aromatic heterocycles. The Bertz CT molecular complexity index is 763. The van der Waals surface area contributed by atoms with Gasteiger partial charge in [0.25, 0.3) is 0 Å². The fourth-order valence-electron chi connectivity index (χ4n) is 2.13. The summed E-state index contributed by atoms with van der Waals surface area (Å²) in [5, 5.41) is 1.61. The van der Waals surface area contributed by atoms with Crippen LogP contribution in [0, 0.1) is 13.8 Å². The number of amides is 1. The summed E-state index contributed by atoms with van der Waals surface area (Å²) in [7, 11) is -3.67. The van der Waals surface area contributed by atoms with Gasteiger partial charge in [0, 0.05) is 13.5 Å². The Morgan fingerprint density at radius 1 is 1.23 bits per heavy atom. The number of hydrogen-bond acceptors (Lipinski definition) is 4. The largest absolute Gasteiger partial charge is 0.468 e. The van der Waals surface area contributed by atoms with Crippen molar-refractivity contribution in [2.45, 2.75) is 30.9 Å². The van der Waals surface area contributed by atoms with E-state index in [4.69, 9.17) is 4.42 Å². The van der Waals surface area contributed by atoms with Crippen LogP contribution in [-0.2, 0) is 14.6 Å². The van der Waals surface area contributed by atoms with E-state index >= 15 is 0 Å². The number of aryl methyl sites for hydroxylation is 2. The van der Waals surface area contributed by atoms with Crippen molar-refractivity contribution in [3.8, 4) is 0 Å². The van der Waals surface area contributed by atoms with Crippen molar-refractivity contribution < 1.29 is 17.6 Å². The van der Waals surface area contributed by atoms with Gasteiger partial charge < -0.3 is 9.73 Å². The predicted octanol–water partition coefficient (Wildman–Crippen LogP) is 2.55. The van der Waals surface area contributed by atoms with E-state index in [9.17, 15) is 13.2 Å². The minimum Gasteiger partial charge on any atom is -0.468 e. The number of sulfone groups is 1. The third-order valence-corrected chi connectivity index (χ3v) is 5.64. The normalized spacial score (nSPS) is 12.9. The van der Waals surface area contributed by atoms with Crippen molar-refractivity contribution in [1.29, 1.82) is 0 Å². The highest BCUT2D eigenvalue weighted by atomic mass is 32.2. The van der Waals surface area contributed by atoms with Gasteiger partial charge in [-0.2, -0.15) is 0 Å². The summed E-state index contributed by atoms with van der Waals surface area (Å²) in [6.07, 6.45) is 1.42. The van der Waals surface area contributed by atoms with Crippen LogP contribution in [-0.4, -0.2) is 20.9 Å². The van der Waals surface area contributed by atoms with E-state index in [2.05, 4.69) is 5.32 Å². The summed E-state index contributed by atoms with van der Waals surface area (Å²) >= 11 is 0. The lowest BCUT2D eigenvalue weighted by molar-refractivity contribution is -0.118. The molecule has 6 heteroatoms. The molecule has 0 aliphatic rings. The van der Waals surface area contributed by atoms with Gasteiger partial charge in [0.1, 0.15) is 11.0 Å². The Hall–Kier alpha value is -2.08. The van der Waals surface area contributed by atoms with Gasteiger partial charge in [-0.25, -0.2) is 8.42 Å². The Kier molecular flexibility index (Phi) is 4.71. The summed E-state index contributed by atoms with van der Waals surface area (Å²) in [4.78, 5) is 11.4. The maximum Gasteiger partial charge on any atom is 0.216 e. The van der Waals surface area contributed by atoms with E-state index in [-0.39, 0.29) is 17.3 Å². The maximum absolute atomic E-state index is 12.9. The second kappa shape index (κ2) is 6.36. The molecule has 0 radical (unpaired) electrons. The highest BCUT2D eigenvalue weighted by molar-refractivity contribution is 7.91. The predicted molar refractivity (Wildman–Crippen MR) is 83.2 cm³/mol. The fraction of sp³-hybridized carbons (Fsp3) is 0.312. The van der Waals surface area contributed by atoms with Gasteiger partial charge >= 0.3 is 0 Å². The SMILES string of the molecule is CC(=O)NC[C@H](c1ccco1)S(=O)(=O)c1ccc(C)c(C)c1. The number of benzene rings is 1. The summed E-state index contributed by atoms with van der Waals surface area (Å²) in [6.45, 7) is 5.11. The van der Waals surface area contributed by atoms with Crippen LogP contribution in [0.1, 0.15) is 29.1 Å². The summed E-state index contributed by atoms with van der Waals surface area (Å²) in [5.74, 6) is 0.0267. The van der Waals surface area contributed by atoms with Crippen molar-refractivity contribution in [3.05, 3.63) is 53.5 Å². The lowest BCUT2D eigenvalue weighted by Gasteiger charge is -2.17. The molecular formula is C16H19NO4S. The van der Waals surface area contributed by atoms with Gasteiger partial charge in [0.2, 0.25) is 5.91 Å². The second-order valence-corrected chi connectivity index (χ2v) is 7.36. The van der Waals surface area contributed by atoms with E-state index in [0.717, 1.165) is 11.1 Å². The molecule has 2 aromatic rings. The maximum atomic E-state index is 12.9. The molecule has 0 bridgehead atoms. The monoisotopic (exact) mass is 321 g/mol. The third kappa shape index (κ3) is 3.39. The number of nitrogens with one attached hydrogen (secondary N) is 1. The van der Waals surface area contributed by atoms with Crippen molar-refractivity contribution in [2.75, 3.05) is 6.54 Å². The standard InChI is InChI=1S/C16H19NO4S/c1-11-6-7-14(9-12(11)2)22(19,20)16(10-17-13(3)18)15-5-4-8-21-15/h4-9,16H,10H2,1-3H3,(H,17,18)/t16-/m1/s1. The van der Waals surface area contributed by atoms with Crippen LogP contribution in [0.15, 0.2) is 45.9 Å². The van der Waals surface area contributed by atoms with Crippen LogP contribution in [0.3, 0.4) is 0 Å². The highest BCUT2D eigenvalue weighted by Gasteiger charge is 2.31. The number of carbonyl (C=O) groups is 1. The molecule has 1 heterocycles. The first kappa shape index (κ1) is 16.3. The average Bonchev–Trinajstić information content (AvgIpc) is 2.95. The van der Waals surface area contributed by atoms with E-state index in [1.165, 1.54) is 13.2 Å². The van der Waals surface area contributed by atoms with Gasteiger partial charge in [0.15, 0.2) is 9.84 Å². The fourth-order valence-corrected chi connectivity index (χ4v) is 3.80. The lowest BCUT2D eigenvalue weighted by atomic mass is 10.1. The van der Waals surface area contributed by atoms with Crippen LogP contribution >= 0.6 is 0 Å². The molecule has 0 saturated carbocycles. The molecule has 2 rings (SSSR count). The highest BCUT2D eigenvalue weighted by Crippen LogP contribution is 2.29. The van der Waals surface area contributed by atoms with Gasteiger partial charge in [-0.05, 0) is 49.2 Å². The first-order valence-corrected chi connectivity index (χ1v) is 8.46. The van der Waals surface area contributed by atoms with Crippen LogP contribution in [0.4, 0.5) is 0 Å². The minimum absolute atomic E-state index is 0.0297. The van der Waals surface area contributed by atoms with Crippen molar-refractivity contribution >= 4 is 15.7 Å². The molecule has 1 aromatic carbocycles. The molecule has 1 amide bonds. The van der Waals surface area contributed by atoms with Crippen LogP contribution in [0.5, 0.6) is 0 Å². The molecule has 0 aliphatic heterocycles. The summed E-state index contributed by atoms with van der Waals surface area (Å²) in [5.41, 5.74) is 1.93. The third-order valence-electron chi connectivity index (χ3n) is 3.58. The zero-order valence-corrected chi connectivity index (χ0v) is 13.6. The molecule has 1 N–H and O–H groups in total. The molecule has 0 unspecified atom stereocenters. The first-order chi connectivity index (χ1) is 10.3. The zero-order chi connectivity index (χ0) is 16.3. The van der Waals surface area contributed by atoms with Crippen LogP contribution in [0.2, 0.25) is 0 Å². The minimum atomic E-state index is -3.67. The Balaban J connectivity index is 2.44. The molecule has 0 aliphatic carbocycles. The second-order valence-electron chi connectivity index (χ2n) is 5.23. The first-order valence-electron chi connectivity index (χ1n) is 6.91. The van der Waals surface area contributed by atoms with Crippen LogP contribution in [0.25, 0.3) is 0 Å². The van der Waals surface area contributed by atoms with Crippen molar-refractivity contribution in [2.24, 2.45) is 0 Å². The van der Waals surface area contributed by atoms with Crippen LogP contribution < -0.4 is 5.32 Å². The molecular weight excluding hydrogens is 302 g/mol. The average molecular weight is 321 g/mol. The number of carbonyl (C=O) groups excluding carboxylic acids is 1. The Morgan fingerprint density at radius 3 is 2.50 bits per heavy atom. The molecule has 22 heavy (non-hydrogen) atoms. The van der Waals surface area contributed by atoms with Crippen molar-refractivity contribution in [3.63, 3.8) is 0 Å². The Labute approximate surface area is 130 Å². The summed E-state index contributed by atoms with van der Waals surface area (Å²) in [6, 6.07) is 8.24. The quantitative estimate of drug-likeness (QED) is 0.918. The Morgan fingerprint density at radius 2 is 1.95 bits per heavy atom. The number of hydrogen-bond donors (Lipinski definition) is 1. The van der Waals surface area contributed by atoms with Gasteiger partial charge in [-0.15, -0.1) is 0 Å².